The molecule has 0 aliphatic carbocycles. The van der Waals surface area contributed by atoms with Gasteiger partial charge in [0.25, 0.3) is 0 Å². The molecule has 3 aliphatic heterocycles. The Hall–Kier alpha value is -4.37. The molecule has 4 atom stereocenters. The lowest BCUT2D eigenvalue weighted by Crippen LogP contribution is -2.46. The second-order valence-corrected chi connectivity index (χ2v) is 10.6. The number of benzene rings is 3. The number of halogens is 2. The normalized spacial score (nSPS) is 23.1. The highest BCUT2D eigenvalue weighted by molar-refractivity contribution is 9.10. The summed E-state index contributed by atoms with van der Waals surface area (Å²) < 4.78 is 19.9. The van der Waals surface area contributed by atoms with Gasteiger partial charge in [0.05, 0.1) is 35.1 Å². The van der Waals surface area contributed by atoms with Crippen LogP contribution in [0, 0.1) is 17.7 Å². The fraction of sp³-hybridized carbons (Fsp3) is 0.161. The van der Waals surface area contributed by atoms with Crippen molar-refractivity contribution in [3.8, 4) is 5.75 Å². The molecule has 2 amide bonds. The van der Waals surface area contributed by atoms with Crippen molar-refractivity contribution in [3.63, 3.8) is 0 Å². The van der Waals surface area contributed by atoms with E-state index in [1.807, 2.05) is 6.07 Å². The van der Waals surface area contributed by atoms with Crippen LogP contribution in [0.25, 0.3) is 0 Å². The SMILES string of the molecule is COc1ccc(C(=O)[C@@H]2[C@@H]3C(=O)N(c4cccc(F)c4)C(=O)[C@@H]3[C@H]3C=C(C(=O)c4ccccc4)C=CN32)cc1Br. The second kappa shape index (κ2) is 9.98. The van der Waals surface area contributed by atoms with Crippen molar-refractivity contribution >= 4 is 45.0 Å². The van der Waals surface area contributed by atoms with Crippen molar-refractivity contribution in [3.05, 3.63) is 118 Å². The van der Waals surface area contributed by atoms with E-state index < -0.39 is 41.6 Å². The van der Waals surface area contributed by atoms with Gasteiger partial charge in [-0.15, -0.1) is 0 Å². The average molecular weight is 601 g/mol. The van der Waals surface area contributed by atoms with Crippen molar-refractivity contribution in [1.82, 2.24) is 4.90 Å². The number of hydrogen-bond acceptors (Lipinski definition) is 6. The van der Waals surface area contributed by atoms with Gasteiger partial charge in [0.15, 0.2) is 11.6 Å². The Morgan fingerprint density at radius 2 is 1.65 bits per heavy atom. The van der Waals surface area contributed by atoms with E-state index in [9.17, 15) is 23.6 Å². The van der Waals surface area contributed by atoms with Gasteiger partial charge in [0, 0.05) is 22.9 Å². The standard InChI is InChI=1S/C31H22BrFN2O5/c1-40-24-11-10-18(14-22(24)32)29(37)27-26-25(30(38)35(31(26)39)21-9-5-8-20(33)16-21)23-15-19(12-13-34(23)27)28(36)17-6-3-2-4-7-17/h2-16,23,25-27H,1H3/t23-,25-,26-,27+/m1/s1. The summed E-state index contributed by atoms with van der Waals surface area (Å²) in [5.74, 6) is -3.77. The Morgan fingerprint density at radius 3 is 2.35 bits per heavy atom. The number of carbonyl (C=O) groups is 4. The van der Waals surface area contributed by atoms with Gasteiger partial charge in [-0.2, -0.15) is 0 Å². The van der Waals surface area contributed by atoms with E-state index in [2.05, 4.69) is 15.9 Å². The number of carbonyl (C=O) groups excluding carboxylic acids is 4. The van der Waals surface area contributed by atoms with E-state index in [-0.39, 0.29) is 17.3 Å². The predicted octanol–water partition coefficient (Wildman–Crippen LogP) is 4.97. The van der Waals surface area contributed by atoms with Gasteiger partial charge in [-0.1, -0.05) is 42.5 Å². The Balaban J connectivity index is 1.44. The lowest BCUT2D eigenvalue weighted by molar-refractivity contribution is -0.123. The lowest BCUT2D eigenvalue weighted by atomic mass is 9.85. The van der Waals surface area contributed by atoms with Gasteiger partial charge in [-0.05, 0) is 58.4 Å². The number of methoxy groups -OCH3 is 1. The summed E-state index contributed by atoms with van der Waals surface area (Å²) in [4.78, 5) is 57.6. The van der Waals surface area contributed by atoms with Crippen molar-refractivity contribution in [2.75, 3.05) is 12.0 Å². The van der Waals surface area contributed by atoms with Crippen LogP contribution in [0.5, 0.6) is 5.75 Å². The first kappa shape index (κ1) is 25.9. The highest BCUT2D eigenvalue weighted by Crippen LogP contribution is 2.47. The zero-order valence-electron chi connectivity index (χ0n) is 21.2. The Bertz CT molecular complexity index is 1640. The van der Waals surface area contributed by atoms with Crippen LogP contribution in [0.4, 0.5) is 10.1 Å². The molecule has 0 N–H and O–H groups in total. The molecule has 0 saturated carbocycles. The fourth-order valence-electron chi connectivity index (χ4n) is 5.81. The molecule has 40 heavy (non-hydrogen) atoms. The molecule has 2 fully saturated rings. The number of ether oxygens (including phenoxy) is 1. The number of allylic oxidation sites excluding steroid dienone is 2. The van der Waals surface area contributed by atoms with Gasteiger partial charge in [0.2, 0.25) is 11.8 Å². The van der Waals surface area contributed by atoms with Crippen molar-refractivity contribution in [2.24, 2.45) is 11.8 Å². The van der Waals surface area contributed by atoms with E-state index in [0.717, 1.165) is 11.0 Å². The van der Waals surface area contributed by atoms with Crippen LogP contribution < -0.4 is 9.64 Å². The molecule has 6 rings (SSSR count). The molecule has 9 heteroatoms. The molecule has 3 heterocycles. The van der Waals surface area contributed by atoms with Crippen molar-refractivity contribution < 1.29 is 28.3 Å². The van der Waals surface area contributed by atoms with E-state index in [1.54, 1.807) is 65.7 Å². The first-order valence-corrected chi connectivity index (χ1v) is 13.4. The molecule has 0 bridgehead atoms. The van der Waals surface area contributed by atoms with E-state index in [1.165, 1.54) is 25.3 Å². The third kappa shape index (κ3) is 4.08. The Kier molecular flexibility index (Phi) is 6.46. The molecule has 2 saturated heterocycles. The van der Waals surface area contributed by atoms with Crippen LogP contribution in [-0.2, 0) is 9.59 Å². The first-order chi connectivity index (χ1) is 19.3. The van der Waals surface area contributed by atoms with Crippen molar-refractivity contribution in [2.45, 2.75) is 12.1 Å². The molecule has 3 aromatic rings. The topological polar surface area (TPSA) is 84.0 Å². The van der Waals surface area contributed by atoms with Gasteiger partial charge < -0.3 is 9.64 Å². The van der Waals surface area contributed by atoms with Gasteiger partial charge in [-0.25, -0.2) is 9.29 Å². The zero-order valence-corrected chi connectivity index (χ0v) is 22.7. The summed E-state index contributed by atoms with van der Waals surface area (Å²) in [6.07, 6.45) is 4.88. The average Bonchev–Trinajstić information content (AvgIpc) is 3.44. The maximum atomic E-state index is 14.1. The molecule has 200 valence electrons. The number of imide groups is 1. The number of ketones is 2. The van der Waals surface area contributed by atoms with Crippen LogP contribution in [0.1, 0.15) is 20.7 Å². The molecule has 3 aromatic carbocycles. The molecular weight excluding hydrogens is 579 g/mol. The smallest absolute Gasteiger partial charge is 0.240 e. The lowest BCUT2D eigenvalue weighted by Gasteiger charge is -2.33. The molecule has 0 spiro atoms. The third-order valence-corrected chi connectivity index (χ3v) is 8.24. The summed E-state index contributed by atoms with van der Waals surface area (Å²) in [5.41, 5.74) is 1.26. The number of Topliss-reactive ketones (excluding diaryl/α,β-unsaturated/α-hetero) is 2. The highest BCUT2D eigenvalue weighted by atomic mass is 79.9. The van der Waals surface area contributed by atoms with Crippen LogP contribution in [-0.4, -0.2) is 47.5 Å². The largest absolute Gasteiger partial charge is 0.496 e. The Morgan fingerprint density at radius 1 is 0.900 bits per heavy atom. The second-order valence-electron chi connectivity index (χ2n) is 9.77. The summed E-state index contributed by atoms with van der Waals surface area (Å²) in [6.45, 7) is 0. The van der Waals surface area contributed by atoms with E-state index in [4.69, 9.17) is 4.74 Å². The highest BCUT2D eigenvalue weighted by Gasteiger charge is 2.63. The number of hydrogen-bond donors (Lipinski definition) is 0. The van der Waals surface area contributed by atoms with E-state index >= 15 is 0 Å². The maximum Gasteiger partial charge on any atom is 0.240 e. The minimum atomic E-state index is -1.04. The van der Waals surface area contributed by atoms with Crippen LogP contribution in [0.3, 0.4) is 0 Å². The molecule has 3 aliphatic rings. The van der Waals surface area contributed by atoms with Crippen LogP contribution >= 0.6 is 15.9 Å². The maximum absolute atomic E-state index is 14.1. The predicted molar refractivity (Wildman–Crippen MR) is 148 cm³/mol. The molecule has 0 aromatic heterocycles. The van der Waals surface area contributed by atoms with Gasteiger partial charge in [-0.3, -0.25) is 19.2 Å². The van der Waals surface area contributed by atoms with Gasteiger partial charge in [0.1, 0.15) is 17.6 Å². The summed E-state index contributed by atoms with van der Waals surface area (Å²) in [7, 11) is 1.51. The third-order valence-electron chi connectivity index (χ3n) is 7.62. The summed E-state index contributed by atoms with van der Waals surface area (Å²) in [6, 6.07) is 17.1. The van der Waals surface area contributed by atoms with Gasteiger partial charge >= 0.3 is 0 Å². The molecule has 0 unspecified atom stereocenters. The van der Waals surface area contributed by atoms with Crippen molar-refractivity contribution in [1.29, 1.82) is 0 Å². The number of amides is 2. The fourth-order valence-corrected chi connectivity index (χ4v) is 6.35. The minimum absolute atomic E-state index is 0.102. The summed E-state index contributed by atoms with van der Waals surface area (Å²) in [5, 5.41) is 0. The Labute approximate surface area is 237 Å². The summed E-state index contributed by atoms with van der Waals surface area (Å²) >= 11 is 3.41. The molecular formula is C31H22BrFN2O5. The number of nitrogens with zero attached hydrogens (tertiary/aromatic N) is 2. The molecule has 7 nitrogen and oxygen atoms in total. The number of anilines is 1. The van der Waals surface area contributed by atoms with Crippen LogP contribution in [0.15, 0.2) is 101 Å². The monoisotopic (exact) mass is 600 g/mol. The first-order valence-electron chi connectivity index (χ1n) is 12.6. The number of rotatable bonds is 6. The van der Waals surface area contributed by atoms with Crippen LogP contribution in [0.2, 0.25) is 0 Å². The quantitative estimate of drug-likeness (QED) is 0.293. The van der Waals surface area contributed by atoms with E-state index in [0.29, 0.717) is 26.9 Å². The minimum Gasteiger partial charge on any atom is -0.496 e. The molecule has 0 radical (unpaired) electrons. The zero-order chi connectivity index (χ0) is 28.1. The number of fused-ring (bicyclic) bond motifs is 3.